The first-order valence-electron chi connectivity index (χ1n) is 12.8. The first-order valence-corrected chi connectivity index (χ1v) is 14.3. The summed E-state index contributed by atoms with van der Waals surface area (Å²) in [6.07, 6.45) is 9.12. The number of nitrogens with one attached hydrogen (secondary N) is 1. The quantitative estimate of drug-likeness (QED) is 0.141. The molecule has 5 aromatic rings. The minimum atomic E-state index is -0.316. The number of benzene rings is 2. The third-order valence-electron chi connectivity index (χ3n) is 7.06. The van der Waals surface area contributed by atoms with Gasteiger partial charge >= 0.3 is 0 Å². The van der Waals surface area contributed by atoms with Gasteiger partial charge in [0, 0.05) is 66.8 Å². The Morgan fingerprint density at radius 3 is 2.58 bits per heavy atom. The molecule has 0 bridgehead atoms. The van der Waals surface area contributed by atoms with E-state index in [0.717, 1.165) is 71.3 Å². The molecule has 1 fully saturated rings. The summed E-state index contributed by atoms with van der Waals surface area (Å²) in [7, 11) is 0. The topological polar surface area (TPSA) is 55.2 Å². The van der Waals surface area contributed by atoms with Crippen molar-refractivity contribution in [2.75, 3.05) is 18.0 Å². The monoisotopic (exact) mass is 639 g/mol. The maximum absolute atomic E-state index is 15.5. The number of fused-ring (bicyclic) bond motifs is 2. The summed E-state index contributed by atoms with van der Waals surface area (Å²) in [6, 6.07) is 18.1. The van der Waals surface area contributed by atoms with Gasteiger partial charge in [-0.1, -0.05) is 30.3 Å². The van der Waals surface area contributed by atoms with Gasteiger partial charge in [0.05, 0.1) is 0 Å². The first-order chi connectivity index (χ1) is 18.7. The van der Waals surface area contributed by atoms with Crippen LogP contribution in [0.2, 0.25) is 0 Å². The van der Waals surface area contributed by atoms with Crippen LogP contribution in [0, 0.1) is 5.82 Å². The molecule has 194 valence electrons. The van der Waals surface area contributed by atoms with Gasteiger partial charge in [0.2, 0.25) is 0 Å². The zero-order valence-corrected chi connectivity index (χ0v) is 23.7. The standard InChI is InChI=1S/C29H27FIN5OS/c30-26-15-22(14-24-27(9-10-33-28(24)26)35-11-5-2-6-12-35)25-19-36(38-37-31)29-23(25)13-21(18-34-29)17-32-16-20-7-3-1-4-8-20/h1,3-4,7-10,13-15,18-19,32H,2,5-6,11-12,16-17H2. The van der Waals surface area contributed by atoms with Gasteiger partial charge in [0.15, 0.2) is 5.65 Å². The zero-order valence-electron chi connectivity index (χ0n) is 20.7. The van der Waals surface area contributed by atoms with Gasteiger partial charge in [-0.05, 0) is 60.2 Å². The van der Waals surface area contributed by atoms with Crippen LogP contribution in [0.15, 0.2) is 73.2 Å². The van der Waals surface area contributed by atoms with Gasteiger partial charge in [-0.15, -0.1) is 0 Å². The number of nitrogens with zero attached hydrogens (tertiary/aromatic N) is 4. The van der Waals surface area contributed by atoms with E-state index in [2.05, 4.69) is 39.5 Å². The number of anilines is 1. The highest BCUT2D eigenvalue weighted by atomic mass is 127. The van der Waals surface area contributed by atoms with Gasteiger partial charge < -0.3 is 10.2 Å². The Bertz CT molecular complexity index is 1570. The Morgan fingerprint density at radius 1 is 0.947 bits per heavy atom. The smallest absolute Gasteiger partial charge is 0.152 e. The Hall–Kier alpha value is -2.73. The second-order valence-corrected chi connectivity index (χ2v) is 11.3. The molecule has 9 heteroatoms. The number of aromatic nitrogens is 3. The van der Waals surface area contributed by atoms with Crippen molar-refractivity contribution in [2.45, 2.75) is 32.4 Å². The number of pyridine rings is 2. The summed E-state index contributed by atoms with van der Waals surface area (Å²) in [5, 5.41) is 5.29. The summed E-state index contributed by atoms with van der Waals surface area (Å²) >= 11 is 3.04. The molecule has 1 N–H and O–H groups in total. The molecule has 0 saturated carbocycles. The van der Waals surface area contributed by atoms with E-state index in [1.165, 1.54) is 24.2 Å². The second kappa shape index (κ2) is 11.6. The summed E-state index contributed by atoms with van der Waals surface area (Å²) in [6.45, 7) is 3.41. The Labute approximate surface area is 239 Å². The van der Waals surface area contributed by atoms with Crippen LogP contribution in [0.4, 0.5) is 10.1 Å². The van der Waals surface area contributed by atoms with Crippen molar-refractivity contribution in [2.24, 2.45) is 0 Å². The normalized spacial score (nSPS) is 14.0. The lowest BCUT2D eigenvalue weighted by Crippen LogP contribution is -2.29. The highest BCUT2D eigenvalue weighted by Gasteiger charge is 2.19. The van der Waals surface area contributed by atoms with Crippen LogP contribution in [0.25, 0.3) is 33.1 Å². The summed E-state index contributed by atoms with van der Waals surface area (Å²) in [5.74, 6) is -0.316. The Balaban J connectivity index is 1.40. The van der Waals surface area contributed by atoms with E-state index in [1.54, 1.807) is 12.3 Å². The average molecular weight is 640 g/mol. The first kappa shape index (κ1) is 25.5. The molecule has 3 aromatic heterocycles. The number of rotatable bonds is 8. The highest BCUT2D eigenvalue weighted by molar-refractivity contribution is 14.1. The van der Waals surface area contributed by atoms with Crippen LogP contribution >= 0.6 is 35.2 Å². The molecule has 1 aliphatic heterocycles. The fourth-order valence-corrected chi connectivity index (χ4v) is 6.19. The predicted octanol–water partition coefficient (Wildman–Crippen LogP) is 7.45. The van der Waals surface area contributed by atoms with Crippen LogP contribution in [0.3, 0.4) is 0 Å². The summed E-state index contributed by atoms with van der Waals surface area (Å²) < 4.78 is 22.7. The van der Waals surface area contributed by atoms with E-state index in [0.29, 0.717) is 12.1 Å². The lowest BCUT2D eigenvalue weighted by atomic mass is 10.0. The zero-order chi connectivity index (χ0) is 25.9. The number of piperidine rings is 1. The summed E-state index contributed by atoms with van der Waals surface area (Å²) in [5.41, 5.74) is 6.24. The van der Waals surface area contributed by atoms with Crippen molar-refractivity contribution >= 4 is 62.9 Å². The third kappa shape index (κ3) is 5.25. The van der Waals surface area contributed by atoms with Crippen molar-refractivity contribution in [1.82, 2.24) is 19.3 Å². The van der Waals surface area contributed by atoms with E-state index >= 15 is 4.39 Å². The number of halogens is 2. The third-order valence-corrected chi connectivity index (χ3v) is 8.04. The number of hydrogen-bond donors (Lipinski definition) is 1. The van der Waals surface area contributed by atoms with Crippen LogP contribution in [-0.2, 0) is 15.6 Å². The van der Waals surface area contributed by atoms with E-state index in [-0.39, 0.29) is 5.82 Å². The minimum absolute atomic E-state index is 0.316. The molecular formula is C29H27FIN5OS. The fourth-order valence-electron chi connectivity index (χ4n) is 5.25. The van der Waals surface area contributed by atoms with Crippen molar-refractivity contribution in [1.29, 1.82) is 0 Å². The van der Waals surface area contributed by atoms with Gasteiger partial charge in [0.25, 0.3) is 0 Å². The molecular weight excluding hydrogens is 612 g/mol. The minimum Gasteiger partial charge on any atom is -0.371 e. The lowest BCUT2D eigenvalue weighted by molar-refractivity contribution is 0.578. The van der Waals surface area contributed by atoms with Crippen LogP contribution < -0.4 is 10.2 Å². The maximum Gasteiger partial charge on any atom is 0.152 e. The molecule has 1 saturated heterocycles. The van der Waals surface area contributed by atoms with E-state index in [1.807, 2.05) is 63.6 Å². The molecule has 0 atom stereocenters. The fraction of sp³-hybridized carbons (Fsp3) is 0.241. The molecule has 0 amide bonds. The van der Waals surface area contributed by atoms with Gasteiger partial charge in [-0.25, -0.2) is 11.9 Å². The van der Waals surface area contributed by atoms with E-state index < -0.39 is 0 Å². The highest BCUT2D eigenvalue weighted by Crippen LogP contribution is 2.38. The van der Waals surface area contributed by atoms with Crippen molar-refractivity contribution in [3.05, 3.63) is 90.1 Å². The SMILES string of the molecule is Fc1cc(-c2cn(SOI)c3ncc(CNCc4ccccc4)cc23)cc2c(N3CCCCC3)ccnc12. The largest absolute Gasteiger partial charge is 0.371 e. The van der Waals surface area contributed by atoms with Crippen molar-refractivity contribution in [3.63, 3.8) is 0 Å². The number of hydrogen-bond acceptors (Lipinski definition) is 6. The molecule has 2 aromatic carbocycles. The molecule has 0 radical (unpaired) electrons. The van der Waals surface area contributed by atoms with Crippen LogP contribution in [0.1, 0.15) is 30.4 Å². The Morgan fingerprint density at radius 2 is 1.76 bits per heavy atom. The molecule has 4 heterocycles. The average Bonchev–Trinajstić information content (AvgIpc) is 3.31. The molecule has 38 heavy (non-hydrogen) atoms. The molecule has 1 aliphatic rings. The molecule has 0 aliphatic carbocycles. The van der Waals surface area contributed by atoms with Crippen molar-refractivity contribution in [3.8, 4) is 11.1 Å². The predicted molar refractivity (Wildman–Crippen MR) is 162 cm³/mol. The van der Waals surface area contributed by atoms with Gasteiger partial charge in [-0.3, -0.25) is 8.96 Å². The van der Waals surface area contributed by atoms with Gasteiger partial charge in [0.1, 0.15) is 46.6 Å². The van der Waals surface area contributed by atoms with Crippen LogP contribution in [-0.4, -0.2) is 27.0 Å². The van der Waals surface area contributed by atoms with Crippen LogP contribution in [0.5, 0.6) is 0 Å². The van der Waals surface area contributed by atoms with E-state index in [4.69, 9.17) is 7.50 Å². The Kier molecular flexibility index (Phi) is 7.77. The molecule has 0 spiro atoms. The van der Waals surface area contributed by atoms with Gasteiger partial charge in [-0.2, -0.15) is 0 Å². The maximum atomic E-state index is 15.5. The molecule has 6 nitrogen and oxygen atoms in total. The molecule has 6 rings (SSSR count). The molecule has 0 unspecified atom stereocenters. The summed E-state index contributed by atoms with van der Waals surface area (Å²) in [4.78, 5) is 11.5. The van der Waals surface area contributed by atoms with Crippen molar-refractivity contribution < 1.29 is 6.90 Å². The second-order valence-electron chi connectivity index (χ2n) is 9.54. The lowest BCUT2D eigenvalue weighted by Gasteiger charge is -2.29. The van der Waals surface area contributed by atoms with E-state index in [9.17, 15) is 0 Å².